The van der Waals surface area contributed by atoms with Crippen LogP contribution in [0.25, 0.3) is 6.08 Å². The van der Waals surface area contributed by atoms with E-state index in [9.17, 15) is 9.59 Å². The lowest BCUT2D eigenvalue weighted by Gasteiger charge is -2.24. The smallest absolute Gasteiger partial charge is 0.338 e. The van der Waals surface area contributed by atoms with E-state index in [2.05, 4.69) is 50.1 Å². The van der Waals surface area contributed by atoms with Crippen LogP contribution >= 0.6 is 49.9 Å². The molecule has 0 fully saturated rings. The fourth-order valence-corrected chi connectivity index (χ4v) is 6.77. The number of fused-ring (bicyclic) bond motifs is 1. The van der Waals surface area contributed by atoms with Gasteiger partial charge in [-0.25, -0.2) is 9.79 Å². The monoisotopic (exact) mass is 678 g/mol. The van der Waals surface area contributed by atoms with Gasteiger partial charge in [0.05, 0.1) is 36.5 Å². The van der Waals surface area contributed by atoms with E-state index in [1.807, 2.05) is 49.4 Å². The fourth-order valence-electron chi connectivity index (χ4n) is 3.95. The van der Waals surface area contributed by atoms with Crippen LogP contribution in [0.5, 0.6) is 5.75 Å². The predicted octanol–water partition coefficient (Wildman–Crippen LogP) is 5.04. The van der Waals surface area contributed by atoms with Gasteiger partial charge in [-0.15, -0.1) is 0 Å². The molecule has 3 aromatic rings. The van der Waals surface area contributed by atoms with Gasteiger partial charge >= 0.3 is 5.97 Å². The van der Waals surface area contributed by atoms with E-state index >= 15 is 0 Å². The molecule has 0 radical (unpaired) electrons. The van der Waals surface area contributed by atoms with Crippen molar-refractivity contribution < 1.29 is 14.3 Å². The third-order valence-corrected chi connectivity index (χ3v) is 7.95. The lowest BCUT2D eigenvalue weighted by molar-refractivity contribution is -0.139. The number of ether oxygens (including phenoxy) is 2. The Morgan fingerprint density at radius 2 is 2.00 bits per heavy atom. The minimum atomic E-state index is -0.621. The van der Waals surface area contributed by atoms with Crippen LogP contribution in [0, 0.1) is 10.5 Å². The van der Waals surface area contributed by atoms with Gasteiger partial charge in [0.2, 0.25) is 0 Å². The molecular formula is C27H24BrIN2O4S. The van der Waals surface area contributed by atoms with Gasteiger partial charge in [0.15, 0.2) is 4.80 Å². The van der Waals surface area contributed by atoms with Gasteiger partial charge in [-0.1, -0.05) is 53.8 Å². The number of hydrogen-bond donors (Lipinski definition) is 0. The van der Waals surface area contributed by atoms with Crippen molar-refractivity contribution >= 4 is 61.9 Å². The second-order valence-corrected chi connectivity index (χ2v) is 11.2. The number of esters is 1. The van der Waals surface area contributed by atoms with E-state index in [-0.39, 0.29) is 12.2 Å². The number of aryl methyl sites for hydroxylation is 1. The van der Waals surface area contributed by atoms with Crippen molar-refractivity contribution in [2.45, 2.75) is 26.8 Å². The predicted molar refractivity (Wildman–Crippen MR) is 154 cm³/mol. The highest BCUT2D eigenvalue weighted by molar-refractivity contribution is 14.1. The van der Waals surface area contributed by atoms with Gasteiger partial charge in [0.1, 0.15) is 12.4 Å². The molecule has 0 bridgehead atoms. The van der Waals surface area contributed by atoms with E-state index in [1.165, 1.54) is 11.3 Å². The van der Waals surface area contributed by atoms with Crippen molar-refractivity contribution in [3.8, 4) is 5.75 Å². The normalized spacial score (nSPS) is 15.4. The molecule has 1 atom stereocenters. The summed E-state index contributed by atoms with van der Waals surface area (Å²) in [6.07, 6.45) is 3.53. The number of rotatable bonds is 7. The van der Waals surface area contributed by atoms with Crippen molar-refractivity contribution in [3.63, 3.8) is 0 Å². The second-order valence-electron chi connectivity index (χ2n) is 8.13. The number of hydrogen-bond acceptors (Lipinski definition) is 6. The van der Waals surface area contributed by atoms with Gasteiger partial charge in [-0.05, 0) is 88.6 Å². The van der Waals surface area contributed by atoms with E-state index in [4.69, 9.17) is 9.47 Å². The minimum absolute atomic E-state index is 0.211. The summed E-state index contributed by atoms with van der Waals surface area (Å²) in [4.78, 5) is 31.9. The molecule has 0 N–H and O–H groups in total. The molecule has 1 aliphatic rings. The molecule has 0 amide bonds. The topological polar surface area (TPSA) is 69.9 Å². The third kappa shape index (κ3) is 5.28. The molecule has 6 nitrogen and oxygen atoms in total. The molecular weight excluding hydrogens is 655 g/mol. The Kier molecular flexibility index (Phi) is 8.31. The van der Waals surface area contributed by atoms with Crippen LogP contribution in [0.1, 0.15) is 36.6 Å². The third-order valence-electron chi connectivity index (χ3n) is 5.57. The quantitative estimate of drug-likeness (QED) is 0.200. The summed E-state index contributed by atoms with van der Waals surface area (Å²) in [6.45, 7) is 9.86. The summed E-state index contributed by atoms with van der Waals surface area (Å²) in [5, 5.41) is 0. The number of benzene rings is 2. The van der Waals surface area contributed by atoms with Crippen LogP contribution in [-0.4, -0.2) is 23.8 Å². The Bertz CT molecular complexity index is 1530. The molecule has 0 aliphatic carbocycles. The Labute approximate surface area is 234 Å². The van der Waals surface area contributed by atoms with E-state index in [0.717, 1.165) is 30.5 Å². The summed E-state index contributed by atoms with van der Waals surface area (Å²) in [7, 11) is 0. The summed E-state index contributed by atoms with van der Waals surface area (Å²) in [6, 6.07) is 11.1. The zero-order valence-corrected chi connectivity index (χ0v) is 24.6. The van der Waals surface area contributed by atoms with Gasteiger partial charge in [-0.2, -0.15) is 0 Å². The zero-order valence-electron chi connectivity index (χ0n) is 20.0. The lowest BCUT2D eigenvalue weighted by Crippen LogP contribution is -2.39. The van der Waals surface area contributed by atoms with Crippen LogP contribution in [0.3, 0.4) is 0 Å². The van der Waals surface area contributed by atoms with E-state index in [1.54, 1.807) is 24.5 Å². The highest BCUT2D eigenvalue weighted by Gasteiger charge is 2.33. The first-order valence-corrected chi connectivity index (χ1v) is 13.9. The van der Waals surface area contributed by atoms with Gasteiger partial charge < -0.3 is 9.47 Å². The molecule has 4 rings (SSSR count). The number of carbonyl (C=O) groups excluding carboxylic acids is 1. The maximum atomic E-state index is 13.7. The lowest BCUT2D eigenvalue weighted by atomic mass is 9.95. The van der Waals surface area contributed by atoms with Crippen molar-refractivity contribution in [3.05, 3.63) is 105 Å². The number of carbonyl (C=O) groups is 1. The maximum absolute atomic E-state index is 13.7. The highest BCUT2D eigenvalue weighted by Crippen LogP contribution is 2.33. The van der Waals surface area contributed by atoms with Gasteiger partial charge in [0, 0.05) is 0 Å². The Balaban J connectivity index is 1.89. The largest absolute Gasteiger partial charge is 0.487 e. The SMILES string of the molecule is C=CCOc1c(Br)cc(/C=c2/sc3n(c2=O)[C@@H](c2ccc(C)cc2)C(C(=O)OCC)=C(C)N=3)cc1I. The highest BCUT2D eigenvalue weighted by atomic mass is 127. The van der Waals surface area contributed by atoms with Crippen LogP contribution in [0.2, 0.25) is 0 Å². The van der Waals surface area contributed by atoms with Crippen molar-refractivity contribution in [2.75, 3.05) is 13.2 Å². The summed E-state index contributed by atoms with van der Waals surface area (Å²) in [5.74, 6) is 0.260. The first-order valence-electron chi connectivity index (χ1n) is 11.2. The van der Waals surface area contributed by atoms with Crippen molar-refractivity contribution in [2.24, 2.45) is 4.99 Å². The first kappa shape index (κ1) is 26.6. The van der Waals surface area contributed by atoms with Crippen LogP contribution < -0.4 is 19.6 Å². The number of allylic oxidation sites excluding steroid dienone is 1. The van der Waals surface area contributed by atoms with Gasteiger partial charge in [0.25, 0.3) is 5.56 Å². The molecule has 186 valence electrons. The molecule has 0 saturated carbocycles. The van der Waals surface area contributed by atoms with E-state index in [0.29, 0.717) is 27.2 Å². The Hall–Kier alpha value is -2.50. The number of thiazole rings is 1. The molecule has 2 heterocycles. The zero-order chi connectivity index (χ0) is 26.0. The summed E-state index contributed by atoms with van der Waals surface area (Å²) in [5.41, 5.74) is 3.47. The molecule has 1 aromatic heterocycles. The summed E-state index contributed by atoms with van der Waals surface area (Å²) < 4.78 is 14.9. The average molecular weight is 679 g/mol. The minimum Gasteiger partial charge on any atom is -0.487 e. The molecule has 0 unspecified atom stereocenters. The Morgan fingerprint density at radius 1 is 1.28 bits per heavy atom. The van der Waals surface area contributed by atoms with Crippen LogP contribution in [0.4, 0.5) is 0 Å². The van der Waals surface area contributed by atoms with Crippen molar-refractivity contribution in [1.29, 1.82) is 0 Å². The summed E-state index contributed by atoms with van der Waals surface area (Å²) >= 11 is 7.07. The standard InChI is InChI=1S/C27H24BrIN2O4S/c1-5-11-35-24-19(28)12-17(13-20(24)29)14-21-25(32)31-23(18-9-7-15(3)8-10-18)22(26(33)34-6-2)16(4)30-27(31)36-21/h5,7-10,12-14,23H,1,6,11H2,2-4H3/b21-14+/t23-/m0/s1. The molecule has 0 spiro atoms. The molecule has 1 aliphatic heterocycles. The molecule has 2 aromatic carbocycles. The average Bonchev–Trinajstić information content (AvgIpc) is 3.12. The first-order chi connectivity index (χ1) is 17.2. The fraction of sp³-hybridized carbons (Fsp3) is 0.222. The van der Waals surface area contributed by atoms with E-state index < -0.39 is 12.0 Å². The molecule has 36 heavy (non-hydrogen) atoms. The maximum Gasteiger partial charge on any atom is 0.338 e. The molecule has 9 heteroatoms. The second kappa shape index (κ2) is 11.3. The van der Waals surface area contributed by atoms with Crippen LogP contribution in [-0.2, 0) is 9.53 Å². The van der Waals surface area contributed by atoms with Crippen molar-refractivity contribution in [1.82, 2.24) is 4.57 Å². The Morgan fingerprint density at radius 3 is 2.64 bits per heavy atom. The number of nitrogens with zero attached hydrogens (tertiary/aromatic N) is 2. The number of aromatic nitrogens is 1. The molecule has 0 saturated heterocycles. The number of halogens is 2. The van der Waals surface area contributed by atoms with Crippen LogP contribution in [0.15, 0.2) is 74.6 Å². The van der Waals surface area contributed by atoms with Gasteiger partial charge in [-0.3, -0.25) is 9.36 Å².